The molecular weight excluding hydrogens is 332 g/mol. The third-order valence-electron chi connectivity index (χ3n) is 4.21. The van der Waals surface area contributed by atoms with Gasteiger partial charge in [0.25, 0.3) is 0 Å². The first-order valence-electron chi connectivity index (χ1n) is 8.99. The lowest BCUT2D eigenvalue weighted by Crippen LogP contribution is -2.44. The van der Waals surface area contributed by atoms with Gasteiger partial charge in [-0.15, -0.1) is 0 Å². The van der Waals surface area contributed by atoms with Crippen molar-refractivity contribution < 1.29 is 4.74 Å². The summed E-state index contributed by atoms with van der Waals surface area (Å²) in [6, 6.07) is 8.85. The summed E-state index contributed by atoms with van der Waals surface area (Å²) < 4.78 is 5.80. The number of aliphatic imine (C=N–C) groups is 1. The van der Waals surface area contributed by atoms with Gasteiger partial charge in [0.05, 0.1) is 12.2 Å². The molecule has 0 saturated carbocycles. The van der Waals surface area contributed by atoms with Gasteiger partial charge in [0, 0.05) is 45.5 Å². The first-order chi connectivity index (χ1) is 12.1. The Kier molecular flexibility index (Phi) is 8.58. The second-order valence-corrected chi connectivity index (χ2v) is 7.60. The highest BCUT2D eigenvalue weighted by molar-refractivity contribution is 7.98. The Hall–Kier alpha value is -1.24. The number of nitrogens with one attached hydrogen (secondary N) is 2. The summed E-state index contributed by atoms with van der Waals surface area (Å²) >= 11 is 1.83. The summed E-state index contributed by atoms with van der Waals surface area (Å²) in [4.78, 5) is 6.73. The van der Waals surface area contributed by atoms with Crippen LogP contribution in [0.15, 0.2) is 29.3 Å². The largest absolute Gasteiger partial charge is 0.373 e. The summed E-state index contributed by atoms with van der Waals surface area (Å²) in [6.45, 7) is 9.01. The Morgan fingerprint density at radius 2 is 1.80 bits per heavy atom. The Balaban J connectivity index is 1.79. The fourth-order valence-corrected chi connectivity index (χ4v) is 3.42. The molecule has 1 fully saturated rings. The van der Waals surface area contributed by atoms with Crippen molar-refractivity contribution in [3.05, 3.63) is 35.4 Å². The summed E-state index contributed by atoms with van der Waals surface area (Å²) in [5.74, 6) is 1.93. The molecule has 0 spiro atoms. The number of benzene rings is 1. The zero-order valence-electron chi connectivity index (χ0n) is 15.9. The fraction of sp³-hybridized carbons (Fsp3) is 0.632. The van der Waals surface area contributed by atoms with Gasteiger partial charge in [0.2, 0.25) is 0 Å². The molecule has 2 N–H and O–H groups in total. The number of thioether (sulfide) groups is 1. The van der Waals surface area contributed by atoms with E-state index < -0.39 is 0 Å². The average molecular weight is 365 g/mol. The molecule has 140 valence electrons. The molecule has 1 aliphatic heterocycles. The van der Waals surface area contributed by atoms with Gasteiger partial charge in [0.15, 0.2) is 5.96 Å². The molecule has 0 bridgehead atoms. The van der Waals surface area contributed by atoms with Crippen molar-refractivity contribution in [1.29, 1.82) is 0 Å². The van der Waals surface area contributed by atoms with Crippen LogP contribution >= 0.6 is 11.8 Å². The van der Waals surface area contributed by atoms with Crippen molar-refractivity contribution in [3.8, 4) is 0 Å². The maximum Gasteiger partial charge on any atom is 0.191 e. The Morgan fingerprint density at radius 3 is 2.40 bits per heavy atom. The third kappa shape index (κ3) is 7.26. The SMILES string of the molecule is CN=C(NCCSC)NCc1ccc(CN2CC(C)OC(C)C2)cc1. The lowest BCUT2D eigenvalue weighted by molar-refractivity contribution is -0.0704. The van der Waals surface area contributed by atoms with Gasteiger partial charge in [0.1, 0.15) is 0 Å². The van der Waals surface area contributed by atoms with Gasteiger partial charge in [-0.2, -0.15) is 11.8 Å². The minimum Gasteiger partial charge on any atom is -0.373 e. The van der Waals surface area contributed by atoms with Crippen LogP contribution in [0.2, 0.25) is 0 Å². The lowest BCUT2D eigenvalue weighted by Gasteiger charge is -2.35. The van der Waals surface area contributed by atoms with Crippen LogP contribution in [0.4, 0.5) is 0 Å². The van der Waals surface area contributed by atoms with Crippen LogP contribution in [0.5, 0.6) is 0 Å². The van der Waals surface area contributed by atoms with Crippen molar-refractivity contribution in [3.63, 3.8) is 0 Å². The highest BCUT2D eigenvalue weighted by Crippen LogP contribution is 2.14. The predicted octanol–water partition coefficient (Wildman–Crippen LogP) is 2.32. The summed E-state index contributed by atoms with van der Waals surface area (Å²) in [5.41, 5.74) is 2.62. The minimum atomic E-state index is 0.317. The van der Waals surface area contributed by atoms with Gasteiger partial charge >= 0.3 is 0 Å². The molecule has 2 unspecified atom stereocenters. The molecule has 25 heavy (non-hydrogen) atoms. The van der Waals surface area contributed by atoms with Crippen LogP contribution in [0.25, 0.3) is 0 Å². The average Bonchev–Trinajstić information content (AvgIpc) is 2.58. The Bertz CT molecular complexity index is 525. The standard InChI is InChI=1S/C19H32N4OS/c1-15-12-23(13-16(2)24-15)14-18-7-5-17(6-8-18)11-22-19(20-3)21-9-10-25-4/h5-8,15-16H,9-14H2,1-4H3,(H2,20,21,22). The van der Waals surface area contributed by atoms with Gasteiger partial charge in [-0.1, -0.05) is 24.3 Å². The van der Waals surface area contributed by atoms with E-state index in [-0.39, 0.29) is 0 Å². The number of hydrogen-bond acceptors (Lipinski definition) is 4. The predicted molar refractivity (Wildman–Crippen MR) is 108 cm³/mol. The summed E-state index contributed by atoms with van der Waals surface area (Å²) in [7, 11) is 1.81. The van der Waals surface area contributed by atoms with E-state index in [4.69, 9.17) is 4.74 Å². The van der Waals surface area contributed by atoms with E-state index in [2.05, 4.69) is 64.9 Å². The molecule has 1 saturated heterocycles. The molecule has 0 aromatic heterocycles. The fourth-order valence-electron chi connectivity index (χ4n) is 3.11. The minimum absolute atomic E-state index is 0.317. The van der Waals surface area contributed by atoms with Gasteiger partial charge < -0.3 is 15.4 Å². The molecule has 2 atom stereocenters. The molecule has 1 aromatic rings. The molecule has 1 aliphatic rings. The first kappa shape index (κ1) is 20.1. The first-order valence-corrected chi connectivity index (χ1v) is 10.4. The van der Waals surface area contributed by atoms with E-state index in [9.17, 15) is 0 Å². The highest BCUT2D eigenvalue weighted by Gasteiger charge is 2.21. The van der Waals surface area contributed by atoms with E-state index in [0.717, 1.165) is 44.4 Å². The number of nitrogens with zero attached hydrogens (tertiary/aromatic N) is 2. The third-order valence-corrected chi connectivity index (χ3v) is 4.82. The maximum absolute atomic E-state index is 5.80. The zero-order valence-corrected chi connectivity index (χ0v) is 16.7. The van der Waals surface area contributed by atoms with Crippen molar-refractivity contribution in [2.75, 3.05) is 38.7 Å². The van der Waals surface area contributed by atoms with Gasteiger partial charge in [-0.25, -0.2) is 0 Å². The molecule has 5 nitrogen and oxygen atoms in total. The maximum atomic E-state index is 5.80. The van der Waals surface area contributed by atoms with Crippen LogP contribution in [0.3, 0.4) is 0 Å². The van der Waals surface area contributed by atoms with Crippen LogP contribution in [0, 0.1) is 0 Å². The lowest BCUT2D eigenvalue weighted by atomic mass is 10.1. The molecule has 2 rings (SSSR count). The number of guanidine groups is 1. The van der Waals surface area contributed by atoms with E-state index in [1.165, 1.54) is 11.1 Å². The second-order valence-electron chi connectivity index (χ2n) is 6.61. The summed E-state index contributed by atoms with van der Waals surface area (Å²) in [6.07, 6.45) is 2.74. The van der Waals surface area contributed by atoms with E-state index in [0.29, 0.717) is 12.2 Å². The van der Waals surface area contributed by atoms with Crippen molar-refractivity contribution in [2.45, 2.75) is 39.1 Å². The van der Waals surface area contributed by atoms with Crippen LogP contribution in [-0.2, 0) is 17.8 Å². The Labute approximate surface area is 156 Å². The number of rotatable bonds is 7. The monoisotopic (exact) mass is 364 g/mol. The number of morpholine rings is 1. The Morgan fingerprint density at radius 1 is 1.16 bits per heavy atom. The molecule has 1 heterocycles. The van der Waals surface area contributed by atoms with E-state index in [1.807, 2.05) is 18.8 Å². The van der Waals surface area contributed by atoms with Crippen LogP contribution in [0.1, 0.15) is 25.0 Å². The van der Waals surface area contributed by atoms with E-state index >= 15 is 0 Å². The smallest absolute Gasteiger partial charge is 0.191 e. The number of ether oxygens (including phenoxy) is 1. The number of hydrogen-bond donors (Lipinski definition) is 2. The highest BCUT2D eigenvalue weighted by atomic mass is 32.2. The molecule has 1 aromatic carbocycles. The van der Waals surface area contributed by atoms with Crippen molar-refractivity contribution in [1.82, 2.24) is 15.5 Å². The van der Waals surface area contributed by atoms with Gasteiger partial charge in [-0.3, -0.25) is 9.89 Å². The summed E-state index contributed by atoms with van der Waals surface area (Å²) in [5, 5.41) is 6.67. The molecule has 6 heteroatoms. The van der Waals surface area contributed by atoms with Crippen molar-refractivity contribution >= 4 is 17.7 Å². The van der Waals surface area contributed by atoms with Crippen LogP contribution in [-0.4, -0.2) is 61.8 Å². The zero-order chi connectivity index (χ0) is 18.1. The topological polar surface area (TPSA) is 48.9 Å². The molecule has 0 aliphatic carbocycles. The van der Waals surface area contributed by atoms with Crippen molar-refractivity contribution in [2.24, 2.45) is 4.99 Å². The van der Waals surface area contributed by atoms with Crippen LogP contribution < -0.4 is 10.6 Å². The van der Waals surface area contributed by atoms with E-state index in [1.54, 1.807) is 0 Å². The van der Waals surface area contributed by atoms with Gasteiger partial charge in [-0.05, 0) is 31.2 Å². The quantitative estimate of drug-likeness (QED) is 0.442. The molecule has 0 amide bonds. The molecule has 0 radical (unpaired) electrons. The second kappa shape index (κ2) is 10.7. The molecular formula is C19H32N4OS. The normalized spacial score (nSPS) is 22.0.